The van der Waals surface area contributed by atoms with E-state index in [-0.39, 0.29) is 12.3 Å². The molecule has 6 nitrogen and oxygen atoms in total. The molecule has 0 aliphatic carbocycles. The second kappa shape index (κ2) is 9.87. The molecule has 0 saturated heterocycles. The van der Waals surface area contributed by atoms with Gasteiger partial charge >= 0.3 is 0 Å². The maximum absolute atomic E-state index is 12.4. The molecule has 2 aromatic carbocycles. The van der Waals surface area contributed by atoms with E-state index in [0.717, 1.165) is 22.6 Å². The summed E-state index contributed by atoms with van der Waals surface area (Å²) < 4.78 is 12.7. The quantitative estimate of drug-likeness (QED) is 0.514. The van der Waals surface area contributed by atoms with Crippen LogP contribution >= 0.6 is 23.2 Å². The van der Waals surface area contributed by atoms with Crippen molar-refractivity contribution in [3.63, 3.8) is 0 Å². The molecule has 1 heterocycles. The molecule has 0 saturated carbocycles. The predicted molar refractivity (Wildman–Crippen MR) is 118 cm³/mol. The third-order valence-corrected chi connectivity index (χ3v) is 5.21. The standard InChI is InChI=1S/C22H23Cl2N3O3/c1-14-17(15(2)27(26-14)19-9-8-16(23)12-18(19)24)13-22(28)25-10-11-30-21-7-5-4-6-20(21)29-3/h4-9,12H,10-11,13H2,1-3H3,(H,25,28). The van der Waals surface area contributed by atoms with E-state index in [0.29, 0.717) is 34.7 Å². The van der Waals surface area contributed by atoms with E-state index < -0.39 is 0 Å². The zero-order valence-electron chi connectivity index (χ0n) is 17.0. The van der Waals surface area contributed by atoms with Gasteiger partial charge < -0.3 is 14.8 Å². The minimum atomic E-state index is -0.105. The van der Waals surface area contributed by atoms with Crippen LogP contribution in [0.4, 0.5) is 0 Å². The van der Waals surface area contributed by atoms with Crippen molar-refractivity contribution in [2.45, 2.75) is 20.3 Å². The Bertz CT molecular complexity index is 1050. The van der Waals surface area contributed by atoms with Gasteiger partial charge in [0, 0.05) is 16.3 Å². The first kappa shape index (κ1) is 22.0. The Labute approximate surface area is 185 Å². The summed E-state index contributed by atoms with van der Waals surface area (Å²) in [6.07, 6.45) is 0.220. The highest BCUT2D eigenvalue weighted by Gasteiger charge is 2.17. The molecule has 3 aromatic rings. The molecule has 158 valence electrons. The molecule has 0 fully saturated rings. The van der Waals surface area contributed by atoms with Crippen LogP contribution in [0.15, 0.2) is 42.5 Å². The van der Waals surface area contributed by atoms with Crippen LogP contribution in [-0.2, 0) is 11.2 Å². The average Bonchev–Trinajstić information content (AvgIpc) is 2.99. The summed E-state index contributed by atoms with van der Waals surface area (Å²) in [7, 11) is 1.59. The molecular weight excluding hydrogens is 425 g/mol. The summed E-state index contributed by atoms with van der Waals surface area (Å²) >= 11 is 12.3. The minimum absolute atomic E-state index is 0.105. The summed E-state index contributed by atoms with van der Waals surface area (Å²) in [5.41, 5.74) is 3.22. The second-order valence-electron chi connectivity index (χ2n) is 6.68. The van der Waals surface area contributed by atoms with Gasteiger partial charge in [-0.3, -0.25) is 4.79 Å². The van der Waals surface area contributed by atoms with Crippen molar-refractivity contribution in [3.8, 4) is 17.2 Å². The molecule has 0 aliphatic rings. The van der Waals surface area contributed by atoms with E-state index in [4.69, 9.17) is 32.7 Å². The van der Waals surface area contributed by atoms with Crippen LogP contribution in [0.25, 0.3) is 5.69 Å². The van der Waals surface area contributed by atoms with Crippen LogP contribution in [0.3, 0.4) is 0 Å². The molecule has 0 atom stereocenters. The summed E-state index contributed by atoms with van der Waals surface area (Å²) in [6.45, 7) is 4.51. The molecular formula is C22H23Cl2N3O3. The van der Waals surface area contributed by atoms with E-state index >= 15 is 0 Å². The molecule has 30 heavy (non-hydrogen) atoms. The lowest BCUT2D eigenvalue weighted by molar-refractivity contribution is -0.120. The summed E-state index contributed by atoms with van der Waals surface area (Å²) in [6, 6.07) is 12.6. The average molecular weight is 448 g/mol. The fourth-order valence-corrected chi connectivity index (χ4v) is 3.62. The number of nitrogens with zero attached hydrogens (tertiary/aromatic N) is 2. The SMILES string of the molecule is COc1ccccc1OCCNC(=O)Cc1c(C)nn(-c2ccc(Cl)cc2Cl)c1C. The summed E-state index contributed by atoms with van der Waals surface area (Å²) in [5, 5.41) is 8.48. The van der Waals surface area contributed by atoms with E-state index in [1.807, 2.05) is 44.2 Å². The lowest BCUT2D eigenvalue weighted by Crippen LogP contribution is -2.29. The van der Waals surface area contributed by atoms with Gasteiger partial charge in [0.2, 0.25) is 5.91 Å². The topological polar surface area (TPSA) is 65.4 Å². The number of amides is 1. The Morgan fingerprint density at radius 3 is 2.57 bits per heavy atom. The highest BCUT2D eigenvalue weighted by atomic mass is 35.5. The number of carbonyl (C=O) groups is 1. The van der Waals surface area contributed by atoms with E-state index in [2.05, 4.69) is 10.4 Å². The molecule has 0 spiro atoms. The maximum Gasteiger partial charge on any atom is 0.224 e. The third kappa shape index (κ3) is 5.07. The van der Waals surface area contributed by atoms with Gasteiger partial charge in [0.1, 0.15) is 6.61 Å². The van der Waals surface area contributed by atoms with Crippen LogP contribution in [0.2, 0.25) is 10.0 Å². The smallest absolute Gasteiger partial charge is 0.224 e. The Hall–Kier alpha value is -2.70. The van der Waals surface area contributed by atoms with E-state index in [9.17, 15) is 4.79 Å². The molecule has 1 N–H and O–H groups in total. The van der Waals surface area contributed by atoms with E-state index in [1.54, 1.807) is 23.9 Å². The number of benzene rings is 2. The first-order valence-corrected chi connectivity index (χ1v) is 10.2. The number of aromatic nitrogens is 2. The number of ether oxygens (including phenoxy) is 2. The predicted octanol–water partition coefficient (Wildman–Crippen LogP) is 4.54. The fourth-order valence-electron chi connectivity index (χ4n) is 3.13. The van der Waals surface area contributed by atoms with Crippen molar-refractivity contribution in [1.29, 1.82) is 0 Å². The number of para-hydroxylation sites is 2. The number of nitrogens with one attached hydrogen (secondary N) is 1. The van der Waals surface area contributed by atoms with E-state index in [1.165, 1.54) is 0 Å². The number of hydrogen-bond acceptors (Lipinski definition) is 4. The largest absolute Gasteiger partial charge is 0.493 e. The first-order chi connectivity index (χ1) is 14.4. The molecule has 3 rings (SSSR count). The fraction of sp³-hybridized carbons (Fsp3) is 0.273. The highest BCUT2D eigenvalue weighted by molar-refractivity contribution is 6.35. The van der Waals surface area contributed by atoms with Crippen LogP contribution in [0.1, 0.15) is 17.0 Å². The van der Waals surface area contributed by atoms with Gasteiger partial charge in [0.05, 0.1) is 36.5 Å². The van der Waals surface area contributed by atoms with Gasteiger partial charge in [-0.05, 0) is 44.2 Å². The Balaban J connectivity index is 1.60. The monoisotopic (exact) mass is 447 g/mol. The van der Waals surface area contributed by atoms with Gasteiger partial charge in [-0.25, -0.2) is 4.68 Å². The van der Waals surface area contributed by atoms with Gasteiger partial charge in [-0.15, -0.1) is 0 Å². The van der Waals surface area contributed by atoms with Crippen molar-refractivity contribution < 1.29 is 14.3 Å². The lowest BCUT2D eigenvalue weighted by Gasteiger charge is -2.11. The molecule has 8 heteroatoms. The zero-order chi connectivity index (χ0) is 21.7. The van der Waals surface area contributed by atoms with Crippen molar-refractivity contribution in [1.82, 2.24) is 15.1 Å². The normalized spacial score (nSPS) is 10.7. The summed E-state index contributed by atoms with van der Waals surface area (Å²) in [5.74, 6) is 1.19. The Kier molecular flexibility index (Phi) is 7.24. The van der Waals surface area contributed by atoms with Gasteiger partial charge in [0.15, 0.2) is 11.5 Å². The zero-order valence-corrected chi connectivity index (χ0v) is 18.5. The molecule has 1 amide bonds. The Morgan fingerprint density at radius 2 is 1.87 bits per heavy atom. The maximum atomic E-state index is 12.4. The van der Waals surface area contributed by atoms with Crippen LogP contribution in [0.5, 0.6) is 11.5 Å². The van der Waals surface area contributed by atoms with Crippen molar-refractivity contribution in [2.24, 2.45) is 0 Å². The van der Waals surface area contributed by atoms with Crippen LogP contribution in [-0.4, -0.2) is 35.9 Å². The van der Waals surface area contributed by atoms with Crippen LogP contribution < -0.4 is 14.8 Å². The Morgan fingerprint density at radius 1 is 1.13 bits per heavy atom. The van der Waals surface area contributed by atoms with Gasteiger partial charge in [-0.2, -0.15) is 5.10 Å². The van der Waals surface area contributed by atoms with Crippen molar-refractivity contribution in [2.75, 3.05) is 20.3 Å². The molecule has 0 aliphatic heterocycles. The summed E-state index contributed by atoms with van der Waals surface area (Å²) in [4.78, 5) is 12.4. The number of carbonyl (C=O) groups excluding carboxylic acids is 1. The number of hydrogen-bond donors (Lipinski definition) is 1. The van der Waals surface area contributed by atoms with Crippen molar-refractivity contribution >= 4 is 29.1 Å². The molecule has 0 bridgehead atoms. The molecule has 0 unspecified atom stereocenters. The number of aryl methyl sites for hydroxylation is 1. The first-order valence-electron chi connectivity index (χ1n) is 9.43. The number of methoxy groups -OCH3 is 1. The minimum Gasteiger partial charge on any atom is -0.493 e. The second-order valence-corrected chi connectivity index (χ2v) is 7.53. The lowest BCUT2D eigenvalue weighted by atomic mass is 10.1. The number of halogens is 2. The molecule has 0 radical (unpaired) electrons. The highest BCUT2D eigenvalue weighted by Crippen LogP contribution is 2.27. The third-order valence-electron chi connectivity index (χ3n) is 4.67. The van der Waals surface area contributed by atoms with Gasteiger partial charge in [0.25, 0.3) is 0 Å². The molecule has 1 aromatic heterocycles. The van der Waals surface area contributed by atoms with Crippen molar-refractivity contribution in [3.05, 3.63) is 69.5 Å². The van der Waals surface area contributed by atoms with Gasteiger partial charge in [-0.1, -0.05) is 35.3 Å². The number of rotatable bonds is 8. The van der Waals surface area contributed by atoms with Crippen LogP contribution in [0, 0.1) is 13.8 Å².